The fourth-order valence-corrected chi connectivity index (χ4v) is 2.22. The van der Waals surface area contributed by atoms with Crippen LogP contribution in [-0.2, 0) is 0 Å². The molecule has 0 spiro atoms. The van der Waals surface area contributed by atoms with Crippen LogP contribution in [0.4, 0.5) is 0 Å². The average molecular weight is 273 g/mol. The zero-order chi connectivity index (χ0) is 14.7. The van der Waals surface area contributed by atoms with E-state index in [0.29, 0.717) is 17.8 Å². The maximum atomic E-state index is 12.4. The van der Waals surface area contributed by atoms with Gasteiger partial charge in [-0.15, -0.1) is 0 Å². The summed E-state index contributed by atoms with van der Waals surface area (Å²) in [5, 5.41) is 13.4. The zero-order valence-corrected chi connectivity index (χ0v) is 12.0. The molecule has 0 aliphatic carbocycles. The van der Waals surface area contributed by atoms with Crippen LogP contribution in [0.25, 0.3) is 5.69 Å². The van der Waals surface area contributed by atoms with Crippen LogP contribution in [0.2, 0.25) is 0 Å². The van der Waals surface area contributed by atoms with Gasteiger partial charge in [0, 0.05) is 13.6 Å². The molecule has 0 saturated carbocycles. The number of amides is 1. The SMILES string of the molecule is Cc1nn(-c2ccccc2)c(C)c1C(=O)N(C)CCO. The van der Waals surface area contributed by atoms with E-state index in [1.807, 2.05) is 44.2 Å². The van der Waals surface area contributed by atoms with E-state index in [9.17, 15) is 4.79 Å². The van der Waals surface area contributed by atoms with E-state index in [2.05, 4.69) is 5.10 Å². The highest BCUT2D eigenvalue weighted by atomic mass is 16.3. The Bertz CT molecular complexity index is 605. The largest absolute Gasteiger partial charge is 0.395 e. The highest BCUT2D eigenvalue weighted by Gasteiger charge is 2.21. The molecule has 0 fully saturated rings. The standard InChI is InChI=1S/C15H19N3O2/c1-11-14(15(20)17(3)9-10-19)12(2)18(16-11)13-7-5-4-6-8-13/h4-8,19H,9-10H2,1-3H3. The second-order valence-corrected chi connectivity index (χ2v) is 4.74. The number of benzene rings is 1. The van der Waals surface area contributed by atoms with Crippen molar-refractivity contribution in [2.24, 2.45) is 0 Å². The van der Waals surface area contributed by atoms with Gasteiger partial charge >= 0.3 is 0 Å². The molecule has 2 rings (SSSR count). The highest BCUT2D eigenvalue weighted by Crippen LogP contribution is 2.19. The van der Waals surface area contributed by atoms with Gasteiger partial charge in [0.15, 0.2) is 0 Å². The number of hydrogen-bond donors (Lipinski definition) is 1. The van der Waals surface area contributed by atoms with Crippen LogP contribution < -0.4 is 0 Å². The van der Waals surface area contributed by atoms with E-state index in [1.165, 1.54) is 4.90 Å². The van der Waals surface area contributed by atoms with Crippen molar-refractivity contribution >= 4 is 5.91 Å². The van der Waals surface area contributed by atoms with Gasteiger partial charge in [0.1, 0.15) is 0 Å². The summed E-state index contributed by atoms with van der Waals surface area (Å²) in [7, 11) is 1.68. The van der Waals surface area contributed by atoms with Crippen LogP contribution in [0.3, 0.4) is 0 Å². The molecule has 5 nitrogen and oxygen atoms in total. The summed E-state index contributed by atoms with van der Waals surface area (Å²) in [6.07, 6.45) is 0. The molecule has 0 unspecified atom stereocenters. The first-order chi connectivity index (χ1) is 9.56. The maximum absolute atomic E-state index is 12.4. The minimum Gasteiger partial charge on any atom is -0.395 e. The first-order valence-corrected chi connectivity index (χ1v) is 6.54. The second-order valence-electron chi connectivity index (χ2n) is 4.74. The summed E-state index contributed by atoms with van der Waals surface area (Å²) >= 11 is 0. The number of carbonyl (C=O) groups excluding carboxylic acids is 1. The summed E-state index contributed by atoms with van der Waals surface area (Å²) in [6, 6.07) is 9.71. The minimum atomic E-state index is -0.115. The normalized spacial score (nSPS) is 10.6. The molecule has 1 amide bonds. The van der Waals surface area contributed by atoms with Gasteiger partial charge in [0.2, 0.25) is 0 Å². The van der Waals surface area contributed by atoms with Crippen molar-refractivity contribution in [2.75, 3.05) is 20.2 Å². The zero-order valence-electron chi connectivity index (χ0n) is 12.0. The topological polar surface area (TPSA) is 58.4 Å². The number of aromatic nitrogens is 2. The molecule has 1 N–H and O–H groups in total. The van der Waals surface area contributed by atoms with Gasteiger partial charge in [0.05, 0.1) is 29.2 Å². The van der Waals surface area contributed by atoms with E-state index < -0.39 is 0 Å². The summed E-state index contributed by atoms with van der Waals surface area (Å²) in [5.74, 6) is -0.115. The number of nitrogens with zero attached hydrogens (tertiary/aromatic N) is 3. The second kappa shape index (κ2) is 5.88. The highest BCUT2D eigenvalue weighted by molar-refractivity contribution is 5.96. The molecule has 0 aliphatic rings. The fraction of sp³-hybridized carbons (Fsp3) is 0.333. The number of aliphatic hydroxyl groups is 1. The van der Waals surface area contributed by atoms with E-state index in [4.69, 9.17) is 5.11 Å². The van der Waals surface area contributed by atoms with E-state index in [-0.39, 0.29) is 12.5 Å². The first kappa shape index (κ1) is 14.3. The predicted molar refractivity (Wildman–Crippen MR) is 77.1 cm³/mol. The van der Waals surface area contributed by atoms with Crippen molar-refractivity contribution in [1.82, 2.24) is 14.7 Å². The number of rotatable bonds is 4. The van der Waals surface area contributed by atoms with Crippen LogP contribution in [-0.4, -0.2) is 45.9 Å². The van der Waals surface area contributed by atoms with Crippen LogP contribution >= 0.6 is 0 Å². The van der Waals surface area contributed by atoms with E-state index >= 15 is 0 Å². The monoisotopic (exact) mass is 273 g/mol. The Labute approximate surface area is 118 Å². The van der Waals surface area contributed by atoms with Gasteiger partial charge in [0.25, 0.3) is 5.91 Å². The van der Waals surface area contributed by atoms with Gasteiger partial charge in [-0.25, -0.2) is 4.68 Å². The number of likely N-dealkylation sites (N-methyl/N-ethyl adjacent to an activating group) is 1. The summed E-state index contributed by atoms with van der Waals surface area (Å²) < 4.78 is 1.77. The molecular weight excluding hydrogens is 254 g/mol. The molecule has 1 heterocycles. The molecular formula is C15H19N3O2. The van der Waals surface area contributed by atoms with Crippen LogP contribution in [0.15, 0.2) is 30.3 Å². The van der Waals surface area contributed by atoms with Gasteiger partial charge in [-0.2, -0.15) is 5.10 Å². The van der Waals surface area contributed by atoms with E-state index in [1.54, 1.807) is 11.7 Å². The van der Waals surface area contributed by atoms with Gasteiger partial charge in [-0.1, -0.05) is 18.2 Å². The Hall–Kier alpha value is -2.14. The molecule has 0 bridgehead atoms. The molecule has 0 radical (unpaired) electrons. The molecule has 5 heteroatoms. The van der Waals surface area contributed by atoms with Gasteiger partial charge in [-0.05, 0) is 26.0 Å². The van der Waals surface area contributed by atoms with Crippen molar-refractivity contribution in [3.8, 4) is 5.69 Å². The van der Waals surface area contributed by atoms with E-state index in [0.717, 1.165) is 11.4 Å². The molecule has 0 atom stereocenters. The van der Waals surface area contributed by atoms with Crippen molar-refractivity contribution < 1.29 is 9.90 Å². The lowest BCUT2D eigenvalue weighted by Gasteiger charge is -2.15. The quantitative estimate of drug-likeness (QED) is 0.919. The van der Waals surface area contributed by atoms with Crippen LogP contribution in [0, 0.1) is 13.8 Å². The molecule has 2 aromatic rings. The lowest BCUT2D eigenvalue weighted by Crippen LogP contribution is -2.30. The number of carbonyl (C=O) groups is 1. The Morgan fingerprint density at radius 3 is 2.55 bits per heavy atom. The van der Waals surface area contributed by atoms with Crippen molar-refractivity contribution in [3.05, 3.63) is 47.3 Å². The minimum absolute atomic E-state index is 0.0485. The predicted octanol–water partition coefficient (Wildman–Crippen LogP) is 1.55. The molecule has 0 saturated heterocycles. The first-order valence-electron chi connectivity index (χ1n) is 6.54. The fourth-order valence-electron chi connectivity index (χ4n) is 2.22. The lowest BCUT2D eigenvalue weighted by molar-refractivity contribution is 0.0765. The van der Waals surface area contributed by atoms with Crippen LogP contribution in [0.1, 0.15) is 21.7 Å². The number of aliphatic hydroxyl groups excluding tert-OH is 1. The van der Waals surface area contributed by atoms with Crippen molar-refractivity contribution in [1.29, 1.82) is 0 Å². The molecule has 0 aliphatic heterocycles. The third-order valence-electron chi connectivity index (χ3n) is 3.29. The number of hydrogen-bond acceptors (Lipinski definition) is 3. The third kappa shape index (κ3) is 2.58. The molecule has 1 aromatic carbocycles. The number of para-hydroxylation sites is 1. The van der Waals surface area contributed by atoms with Gasteiger partial charge < -0.3 is 10.0 Å². The van der Waals surface area contributed by atoms with Crippen molar-refractivity contribution in [2.45, 2.75) is 13.8 Å². The Morgan fingerprint density at radius 1 is 1.30 bits per heavy atom. The molecule has 20 heavy (non-hydrogen) atoms. The number of aryl methyl sites for hydroxylation is 1. The van der Waals surface area contributed by atoms with Crippen LogP contribution in [0.5, 0.6) is 0 Å². The summed E-state index contributed by atoms with van der Waals surface area (Å²) in [5.41, 5.74) is 3.03. The lowest BCUT2D eigenvalue weighted by atomic mass is 10.1. The maximum Gasteiger partial charge on any atom is 0.257 e. The van der Waals surface area contributed by atoms with Gasteiger partial charge in [-0.3, -0.25) is 4.79 Å². The molecule has 1 aromatic heterocycles. The smallest absolute Gasteiger partial charge is 0.257 e. The third-order valence-corrected chi connectivity index (χ3v) is 3.29. The van der Waals surface area contributed by atoms with Crippen molar-refractivity contribution in [3.63, 3.8) is 0 Å². The summed E-state index contributed by atoms with van der Waals surface area (Å²) in [6.45, 7) is 3.97. The summed E-state index contributed by atoms with van der Waals surface area (Å²) in [4.78, 5) is 13.9. The molecule has 106 valence electrons. The average Bonchev–Trinajstić information content (AvgIpc) is 2.74. The Kier molecular flexibility index (Phi) is 4.20. The Balaban J connectivity index is 2.42. The Morgan fingerprint density at radius 2 is 1.95 bits per heavy atom.